The molecule has 0 radical (unpaired) electrons. The number of hydrogen-bond donors (Lipinski definition) is 2. The third-order valence-corrected chi connectivity index (χ3v) is 12.4. The first-order valence-corrected chi connectivity index (χ1v) is 21.9. The molecule has 10 nitrogen and oxygen atoms in total. The van der Waals surface area contributed by atoms with E-state index in [-0.39, 0.29) is 66.1 Å². The van der Waals surface area contributed by atoms with Gasteiger partial charge in [0.2, 0.25) is 0 Å². The van der Waals surface area contributed by atoms with Gasteiger partial charge in [-0.3, -0.25) is 0 Å². The van der Waals surface area contributed by atoms with Gasteiger partial charge in [0.15, 0.2) is 0 Å². The first-order valence-electron chi connectivity index (χ1n) is 21.9. The first kappa shape index (κ1) is 43.2. The van der Waals surface area contributed by atoms with Crippen LogP contribution in [0.2, 0.25) is 0 Å². The maximum Gasteiger partial charge on any atom is 0.123 e. The van der Waals surface area contributed by atoms with Crippen LogP contribution in [0.15, 0.2) is 84.9 Å². The summed E-state index contributed by atoms with van der Waals surface area (Å²) in [6.45, 7) is 19.5. The molecule has 2 fully saturated rings. The van der Waals surface area contributed by atoms with E-state index < -0.39 is 12.2 Å². The fraction of sp³-hybridized carbons (Fsp3) is 0.529. The first-order chi connectivity index (χ1) is 28.9. The van der Waals surface area contributed by atoms with E-state index in [1.54, 1.807) is 0 Å². The zero-order valence-corrected chi connectivity index (χ0v) is 37.1. The van der Waals surface area contributed by atoms with Crippen LogP contribution in [-0.4, -0.2) is 85.5 Å². The number of rotatable bonds is 20. The van der Waals surface area contributed by atoms with Crippen molar-refractivity contribution in [1.82, 2.24) is 0 Å². The zero-order valence-electron chi connectivity index (χ0n) is 37.1. The highest BCUT2D eigenvalue weighted by Crippen LogP contribution is 2.63. The summed E-state index contributed by atoms with van der Waals surface area (Å²) in [6.07, 6.45) is 2.48. The van der Waals surface area contributed by atoms with Gasteiger partial charge in [0.25, 0.3) is 0 Å². The monoisotopic (exact) mass is 836 g/mol. The molecule has 2 aliphatic heterocycles. The molecule has 4 aromatic rings. The van der Waals surface area contributed by atoms with Gasteiger partial charge in [-0.25, -0.2) is 0 Å². The molecule has 8 rings (SSSR count). The second-order valence-corrected chi connectivity index (χ2v) is 20.2. The van der Waals surface area contributed by atoms with Gasteiger partial charge in [-0.2, -0.15) is 0 Å². The molecule has 61 heavy (non-hydrogen) atoms. The maximum atomic E-state index is 10.9. The molecule has 328 valence electrons. The summed E-state index contributed by atoms with van der Waals surface area (Å²) in [6, 6.07) is 27.9. The lowest BCUT2D eigenvalue weighted by Gasteiger charge is -2.30. The summed E-state index contributed by atoms with van der Waals surface area (Å²) in [5.41, 5.74) is 4.11. The fourth-order valence-corrected chi connectivity index (χ4v) is 9.78. The molecule has 0 saturated carbocycles. The number of ether oxygens (including phenoxy) is 8. The van der Waals surface area contributed by atoms with Gasteiger partial charge in [0, 0.05) is 30.4 Å². The van der Waals surface area contributed by atoms with Gasteiger partial charge in [0.05, 0.1) is 25.4 Å². The number of hydrogen-bond acceptors (Lipinski definition) is 10. The van der Waals surface area contributed by atoms with E-state index in [1.165, 1.54) is 22.3 Å². The van der Waals surface area contributed by atoms with Crippen molar-refractivity contribution in [3.05, 3.63) is 107 Å². The Morgan fingerprint density at radius 1 is 0.525 bits per heavy atom. The van der Waals surface area contributed by atoms with Gasteiger partial charge in [-0.05, 0) is 122 Å². The molecule has 1 spiro atoms. The average Bonchev–Trinajstić information content (AvgIpc) is 4.14. The lowest BCUT2D eigenvalue weighted by molar-refractivity contribution is 0.0618. The molecule has 2 saturated heterocycles. The molecule has 4 aliphatic rings. The van der Waals surface area contributed by atoms with Crippen LogP contribution in [0.4, 0.5) is 0 Å². The Bertz CT molecular complexity index is 2010. The molecule has 2 N–H and O–H groups in total. The van der Waals surface area contributed by atoms with Crippen molar-refractivity contribution in [3.8, 4) is 34.5 Å². The van der Waals surface area contributed by atoms with E-state index in [9.17, 15) is 10.2 Å². The summed E-state index contributed by atoms with van der Waals surface area (Å²) in [7, 11) is 0. The Labute approximate surface area is 361 Å². The largest absolute Gasteiger partial charge is 0.491 e. The summed E-state index contributed by atoms with van der Waals surface area (Å²) in [4.78, 5) is 0. The number of epoxide rings is 2. The van der Waals surface area contributed by atoms with Crippen LogP contribution in [-0.2, 0) is 25.7 Å². The summed E-state index contributed by atoms with van der Waals surface area (Å²) >= 11 is 0. The van der Waals surface area contributed by atoms with Crippen LogP contribution in [0.25, 0.3) is 0 Å². The lowest BCUT2D eigenvalue weighted by atomic mass is 9.72. The summed E-state index contributed by atoms with van der Waals surface area (Å²) in [5, 5.41) is 21.7. The van der Waals surface area contributed by atoms with Crippen molar-refractivity contribution in [2.24, 2.45) is 0 Å². The van der Waals surface area contributed by atoms with Crippen molar-refractivity contribution in [3.63, 3.8) is 0 Å². The standard InChI is InChI=1S/C51H64O10/c1-47(2)31-51(43-17-15-37(21-45(43)47)56-27-33(52)25-54-35-11-9-13-39(19-35)60-49(5,6)23-41-29-58-41)32-48(3,4)46-22-38(16-18-44(46)51)57-28-34(53)26-55-36-12-10-14-40(20-36)61-50(7,8)24-42-30-59-42/h9-22,33-34,41-42,52-53H,23-32H2,1-8H3. The van der Waals surface area contributed by atoms with Crippen molar-refractivity contribution >= 4 is 0 Å². The highest BCUT2D eigenvalue weighted by molar-refractivity contribution is 5.61. The summed E-state index contributed by atoms with van der Waals surface area (Å²) in [5.74, 6) is 4.16. The van der Waals surface area contributed by atoms with Crippen molar-refractivity contribution < 1.29 is 48.1 Å². The van der Waals surface area contributed by atoms with Gasteiger partial charge < -0.3 is 48.1 Å². The van der Waals surface area contributed by atoms with E-state index in [4.69, 9.17) is 37.9 Å². The minimum Gasteiger partial charge on any atom is -0.491 e. The summed E-state index contributed by atoms with van der Waals surface area (Å²) < 4.78 is 47.5. The van der Waals surface area contributed by atoms with Crippen LogP contribution in [0.5, 0.6) is 34.5 Å². The third-order valence-electron chi connectivity index (χ3n) is 12.4. The molecule has 0 bridgehead atoms. The van der Waals surface area contributed by atoms with Crippen LogP contribution in [0.1, 0.15) is 103 Å². The average molecular weight is 837 g/mol. The quantitative estimate of drug-likeness (QED) is 0.0836. The van der Waals surface area contributed by atoms with Crippen molar-refractivity contribution in [2.45, 2.75) is 133 Å². The van der Waals surface area contributed by atoms with Crippen LogP contribution in [0, 0.1) is 0 Å². The number of aliphatic hydroxyl groups excluding tert-OH is 2. The Hall–Kier alpha value is -4.48. The van der Waals surface area contributed by atoms with Gasteiger partial charge in [0.1, 0.15) is 84.3 Å². The smallest absolute Gasteiger partial charge is 0.123 e. The SMILES string of the molecule is CC(C)(CC1CO1)Oc1cccc(OCC(O)COc2ccc3c(c2)C(C)(C)CC32CC(C)(C)c3cc(OCC(O)COc4cccc(OC(C)(C)CC5CO5)c4)ccc32)c1. The zero-order chi connectivity index (χ0) is 43.2. The van der Waals surface area contributed by atoms with E-state index in [2.05, 4.69) is 79.7 Å². The van der Waals surface area contributed by atoms with E-state index in [0.717, 1.165) is 61.9 Å². The van der Waals surface area contributed by atoms with Crippen molar-refractivity contribution in [1.29, 1.82) is 0 Å². The predicted octanol–water partition coefficient (Wildman–Crippen LogP) is 8.87. The number of aliphatic hydroxyl groups is 2. The second kappa shape index (κ2) is 16.7. The lowest BCUT2D eigenvalue weighted by Crippen LogP contribution is -2.30. The molecule has 4 atom stereocenters. The normalized spacial score (nSPS) is 22.8. The number of fused-ring (bicyclic) bond motifs is 4. The molecule has 4 unspecified atom stereocenters. The maximum absolute atomic E-state index is 10.9. The van der Waals surface area contributed by atoms with Crippen LogP contribution < -0.4 is 28.4 Å². The molecule has 2 aliphatic carbocycles. The minimum absolute atomic E-state index is 0.0902. The molecule has 0 aromatic heterocycles. The Kier molecular flexibility index (Phi) is 11.8. The second-order valence-electron chi connectivity index (χ2n) is 20.2. The van der Waals surface area contributed by atoms with Crippen LogP contribution >= 0.6 is 0 Å². The predicted molar refractivity (Wildman–Crippen MR) is 234 cm³/mol. The Balaban J connectivity index is 0.861. The molecule has 0 amide bonds. The fourth-order valence-electron chi connectivity index (χ4n) is 9.78. The Morgan fingerprint density at radius 3 is 1.23 bits per heavy atom. The third kappa shape index (κ3) is 10.4. The molecular formula is C51H64O10. The molecule has 2 heterocycles. The van der Waals surface area contributed by atoms with Crippen LogP contribution in [0.3, 0.4) is 0 Å². The molecular weight excluding hydrogens is 773 g/mol. The van der Waals surface area contributed by atoms with Gasteiger partial charge in [-0.15, -0.1) is 0 Å². The Morgan fingerprint density at radius 2 is 0.869 bits per heavy atom. The highest BCUT2D eigenvalue weighted by atomic mass is 16.6. The topological polar surface area (TPSA) is 121 Å². The molecule has 4 aromatic carbocycles. The van der Waals surface area contributed by atoms with E-state index in [0.29, 0.717) is 11.5 Å². The van der Waals surface area contributed by atoms with E-state index >= 15 is 0 Å². The number of benzene rings is 4. The van der Waals surface area contributed by atoms with E-state index in [1.807, 2.05) is 60.7 Å². The highest BCUT2D eigenvalue weighted by Gasteiger charge is 2.56. The molecule has 10 heteroatoms. The van der Waals surface area contributed by atoms with Gasteiger partial charge in [-0.1, -0.05) is 52.0 Å². The minimum atomic E-state index is -0.823. The van der Waals surface area contributed by atoms with Gasteiger partial charge >= 0.3 is 0 Å². The van der Waals surface area contributed by atoms with Crippen molar-refractivity contribution in [2.75, 3.05) is 39.6 Å².